The van der Waals surface area contributed by atoms with Crippen molar-refractivity contribution < 1.29 is 24.1 Å². The van der Waals surface area contributed by atoms with Gasteiger partial charge >= 0.3 is 5.97 Å². The summed E-state index contributed by atoms with van der Waals surface area (Å²) in [5, 5.41) is 10.3. The number of phenolic OH excluding ortho intramolecular Hbond substituents is 1. The van der Waals surface area contributed by atoms with Gasteiger partial charge in [-0.3, -0.25) is 4.99 Å². The highest BCUT2D eigenvalue weighted by Crippen LogP contribution is 2.28. The molecule has 0 saturated carbocycles. The molecule has 0 atom stereocenters. The van der Waals surface area contributed by atoms with Crippen LogP contribution in [0.3, 0.4) is 0 Å². The van der Waals surface area contributed by atoms with Crippen LogP contribution in [0.25, 0.3) is 0 Å². The fourth-order valence-electron chi connectivity index (χ4n) is 3.32. The molecule has 34 heavy (non-hydrogen) atoms. The lowest BCUT2D eigenvalue weighted by Gasteiger charge is -2.08. The van der Waals surface area contributed by atoms with Gasteiger partial charge in [0, 0.05) is 17.8 Å². The minimum Gasteiger partial charge on any atom is -0.507 e. The van der Waals surface area contributed by atoms with Gasteiger partial charge in [-0.2, -0.15) is 0 Å². The van der Waals surface area contributed by atoms with Gasteiger partial charge in [0.15, 0.2) is 0 Å². The summed E-state index contributed by atoms with van der Waals surface area (Å²) in [4.78, 5) is 16.8. The summed E-state index contributed by atoms with van der Waals surface area (Å²) in [6, 6.07) is 18.8. The van der Waals surface area contributed by atoms with Crippen molar-refractivity contribution in [3.05, 3.63) is 77.9 Å². The molecule has 1 N–H and O–H groups in total. The van der Waals surface area contributed by atoms with E-state index >= 15 is 0 Å². The third kappa shape index (κ3) is 7.37. The van der Waals surface area contributed by atoms with E-state index < -0.39 is 5.97 Å². The smallest absolute Gasteiger partial charge is 0.343 e. The van der Waals surface area contributed by atoms with E-state index in [1.165, 1.54) is 31.5 Å². The summed E-state index contributed by atoms with van der Waals surface area (Å²) in [5.74, 6) is 1.03. The van der Waals surface area contributed by atoms with E-state index in [4.69, 9.17) is 14.2 Å². The van der Waals surface area contributed by atoms with Crippen LogP contribution >= 0.6 is 0 Å². The van der Waals surface area contributed by atoms with E-state index in [0.29, 0.717) is 29.2 Å². The maximum atomic E-state index is 12.5. The van der Waals surface area contributed by atoms with Gasteiger partial charge < -0.3 is 19.3 Å². The van der Waals surface area contributed by atoms with Gasteiger partial charge in [0.25, 0.3) is 0 Å². The number of hydrogen-bond donors (Lipinski definition) is 1. The number of aliphatic imine (C=N–C) groups is 1. The summed E-state index contributed by atoms with van der Waals surface area (Å²) < 4.78 is 16.4. The number of esters is 1. The topological polar surface area (TPSA) is 77.4 Å². The summed E-state index contributed by atoms with van der Waals surface area (Å²) in [5.41, 5.74) is 1.53. The van der Waals surface area contributed by atoms with Crippen LogP contribution in [0.5, 0.6) is 23.0 Å². The van der Waals surface area contributed by atoms with Gasteiger partial charge in [-0.1, -0.05) is 44.7 Å². The van der Waals surface area contributed by atoms with E-state index in [0.717, 1.165) is 18.6 Å². The lowest BCUT2D eigenvalue weighted by molar-refractivity contribution is 0.0734. The first-order valence-electron chi connectivity index (χ1n) is 11.6. The second-order valence-corrected chi connectivity index (χ2v) is 7.83. The van der Waals surface area contributed by atoms with Crippen molar-refractivity contribution in [2.45, 2.75) is 39.0 Å². The van der Waals surface area contributed by atoms with Crippen molar-refractivity contribution in [1.82, 2.24) is 0 Å². The SMILES string of the molecule is CCCCCCCOc1ccc(C(=O)Oc2ccc(C=Nc3ccccc3OC)c(O)c2)cc1. The van der Waals surface area contributed by atoms with Crippen LogP contribution in [-0.2, 0) is 0 Å². The second-order valence-electron chi connectivity index (χ2n) is 7.83. The average Bonchev–Trinajstić information content (AvgIpc) is 2.86. The quantitative estimate of drug-likeness (QED) is 0.140. The van der Waals surface area contributed by atoms with Crippen molar-refractivity contribution in [2.24, 2.45) is 4.99 Å². The lowest BCUT2D eigenvalue weighted by atomic mass is 10.2. The molecule has 0 spiro atoms. The molecule has 0 amide bonds. The zero-order valence-electron chi connectivity index (χ0n) is 19.7. The molecule has 0 saturated heterocycles. The number of carbonyl (C=O) groups excluding carboxylic acids is 1. The number of nitrogens with zero attached hydrogens (tertiary/aromatic N) is 1. The molecule has 0 aliphatic carbocycles. The van der Waals surface area contributed by atoms with Crippen molar-refractivity contribution in [2.75, 3.05) is 13.7 Å². The minimum atomic E-state index is -0.513. The first-order chi connectivity index (χ1) is 16.6. The van der Waals surface area contributed by atoms with E-state index in [-0.39, 0.29) is 11.5 Å². The Labute approximate surface area is 200 Å². The molecule has 0 heterocycles. The molecule has 178 valence electrons. The third-order valence-corrected chi connectivity index (χ3v) is 5.25. The largest absolute Gasteiger partial charge is 0.507 e. The number of ether oxygens (including phenoxy) is 3. The van der Waals surface area contributed by atoms with Crippen LogP contribution in [0.15, 0.2) is 71.7 Å². The zero-order chi connectivity index (χ0) is 24.2. The number of para-hydroxylation sites is 2. The number of methoxy groups -OCH3 is 1. The lowest BCUT2D eigenvalue weighted by Crippen LogP contribution is -2.08. The molecule has 3 rings (SSSR count). The Balaban J connectivity index is 1.54. The summed E-state index contributed by atoms with van der Waals surface area (Å²) in [7, 11) is 1.57. The Hall–Kier alpha value is -3.80. The zero-order valence-corrected chi connectivity index (χ0v) is 19.7. The molecule has 0 fully saturated rings. The number of carbonyl (C=O) groups is 1. The van der Waals surface area contributed by atoms with Gasteiger partial charge in [-0.05, 0) is 55.0 Å². The second kappa shape index (κ2) is 13.0. The van der Waals surface area contributed by atoms with Crippen molar-refractivity contribution in [1.29, 1.82) is 0 Å². The fraction of sp³-hybridized carbons (Fsp3) is 0.286. The Morgan fingerprint density at radius 3 is 2.41 bits per heavy atom. The molecule has 0 unspecified atom stereocenters. The first-order valence-corrected chi connectivity index (χ1v) is 11.6. The van der Waals surface area contributed by atoms with Crippen LogP contribution in [-0.4, -0.2) is 31.0 Å². The highest BCUT2D eigenvalue weighted by molar-refractivity contribution is 5.91. The van der Waals surface area contributed by atoms with Gasteiger partial charge in [0.1, 0.15) is 28.7 Å². The molecular weight excluding hydrogens is 430 g/mol. The van der Waals surface area contributed by atoms with Crippen molar-refractivity contribution in [3.63, 3.8) is 0 Å². The van der Waals surface area contributed by atoms with Gasteiger partial charge in [0.05, 0.1) is 19.3 Å². The normalized spacial score (nSPS) is 10.9. The van der Waals surface area contributed by atoms with Crippen LogP contribution < -0.4 is 14.2 Å². The van der Waals surface area contributed by atoms with Crippen LogP contribution in [0.2, 0.25) is 0 Å². The average molecular weight is 462 g/mol. The number of phenols is 1. The predicted molar refractivity (Wildman–Crippen MR) is 134 cm³/mol. The predicted octanol–water partition coefficient (Wildman–Crippen LogP) is 6.72. The molecule has 6 heteroatoms. The van der Waals surface area contributed by atoms with Crippen molar-refractivity contribution in [3.8, 4) is 23.0 Å². The molecule has 6 nitrogen and oxygen atoms in total. The van der Waals surface area contributed by atoms with Crippen LogP contribution in [0.4, 0.5) is 5.69 Å². The molecule has 3 aromatic carbocycles. The number of unbranched alkanes of at least 4 members (excludes halogenated alkanes) is 4. The standard InChI is InChI=1S/C28H31NO5/c1-3-4-5-6-9-18-33-23-15-12-21(13-16-23)28(31)34-24-17-14-22(26(30)19-24)20-29-25-10-7-8-11-27(25)32-2/h7-8,10-17,19-20,30H,3-6,9,18H2,1-2H3. The molecule has 0 radical (unpaired) electrons. The molecule has 0 aliphatic heterocycles. The minimum absolute atomic E-state index is 0.0494. The van der Waals surface area contributed by atoms with E-state index in [2.05, 4.69) is 11.9 Å². The monoisotopic (exact) mass is 461 g/mol. The maximum Gasteiger partial charge on any atom is 0.343 e. The number of aromatic hydroxyl groups is 1. The fourth-order valence-corrected chi connectivity index (χ4v) is 3.32. The first kappa shape index (κ1) is 24.8. The third-order valence-electron chi connectivity index (χ3n) is 5.25. The number of benzene rings is 3. The number of hydrogen-bond acceptors (Lipinski definition) is 6. The Bertz CT molecular complexity index is 1090. The molecule has 0 bridgehead atoms. The molecular formula is C28H31NO5. The van der Waals surface area contributed by atoms with E-state index in [9.17, 15) is 9.90 Å². The van der Waals surface area contributed by atoms with Gasteiger partial charge in [-0.15, -0.1) is 0 Å². The Morgan fingerprint density at radius 2 is 1.68 bits per heavy atom. The molecule has 0 aromatic heterocycles. The highest BCUT2D eigenvalue weighted by atomic mass is 16.5. The van der Waals surface area contributed by atoms with E-state index in [1.54, 1.807) is 43.5 Å². The molecule has 0 aliphatic rings. The molecule has 3 aromatic rings. The van der Waals surface area contributed by atoms with Crippen molar-refractivity contribution >= 4 is 17.9 Å². The van der Waals surface area contributed by atoms with E-state index in [1.807, 2.05) is 24.3 Å². The van der Waals surface area contributed by atoms with Crippen LogP contribution in [0.1, 0.15) is 54.9 Å². The maximum absolute atomic E-state index is 12.5. The number of rotatable bonds is 12. The summed E-state index contributed by atoms with van der Waals surface area (Å²) in [6.07, 6.45) is 7.42. The van der Waals surface area contributed by atoms with Crippen LogP contribution in [0, 0.1) is 0 Å². The van der Waals surface area contributed by atoms with Gasteiger partial charge in [0.2, 0.25) is 0 Å². The summed E-state index contributed by atoms with van der Waals surface area (Å²) >= 11 is 0. The Morgan fingerprint density at radius 1 is 0.941 bits per heavy atom. The Kier molecular flexibility index (Phi) is 9.52. The highest BCUT2D eigenvalue weighted by Gasteiger charge is 2.11. The summed E-state index contributed by atoms with van der Waals surface area (Å²) in [6.45, 7) is 2.86. The van der Waals surface area contributed by atoms with Gasteiger partial charge in [-0.25, -0.2) is 4.79 Å².